The summed E-state index contributed by atoms with van der Waals surface area (Å²) >= 11 is 0. The molecule has 0 aliphatic carbocycles. The standard InChI is InChI=1S/C23H17N3O3/c1-16-11-12-20-22(14-16)29-23(25-20)18-7-4-9-19(15-18)24-13-5-8-17-6-2-3-10-21(17)26(27)28/h2-15H,1H3/b8-5+,24-13?. The van der Waals surface area contributed by atoms with Gasteiger partial charge in [0.2, 0.25) is 5.89 Å². The number of fused-ring (bicyclic) bond motifs is 1. The number of nitrogens with zero attached hydrogens (tertiary/aromatic N) is 3. The summed E-state index contributed by atoms with van der Waals surface area (Å²) in [7, 11) is 0. The van der Waals surface area contributed by atoms with E-state index in [1.54, 1.807) is 36.6 Å². The molecular formula is C23H17N3O3. The van der Waals surface area contributed by atoms with Crippen molar-refractivity contribution in [3.63, 3.8) is 0 Å². The Kier molecular flexibility index (Phi) is 4.99. The first-order valence-electron chi connectivity index (χ1n) is 9.02. The van der Waals surface area contributed by atoms with Crippen LogP contribution in [0.25, 0.3) is 28.6 Å². The minimum Gasteiger partial charge on any atom is -0.436 e. The SMILES string of the molecule is Cc1ccc2nc(-c3cccc(N=C/C=C/c4ccccc4[N+](=O)[O-])c3)oc2c1. The number of hydrogen-bond acceptors (Lipinski definition) is 5. The Bertz CT molecular complexity index is 1260. The van der Waals surface area contributed by atoms with Gasteiger partial charge in [0.05, 0.1) is 16.2 Å². The fourth-order valence-corrected chi connectivity index (χ4v) is 2.95. The van der Waals surface area contributed by atoms with E-state index in [0.29, 0.717) is 11.5 Å². The average Bonchev–Trinajstić information content (AvgIpc) is 3.15. The first kappa shape index (κ1) is 18.3. The first-order valence-corrected chi connectivity index (χ1v) is 9.02. The molecule has 0 aliphatic rings. The van der Waals surface area contributed by atoms with E-state index in [-0.39, 0.29) is 5.69 Å². The minimum atomic E-state index is -0.401. The summed E-state index contributed by atoms with van der Waals surface area (Å²) in [6.07, 6.45) is 4.94. The first-order chi connectivity index (χ1) is 14.1. The Morgan fingerprint density at radius 2 is 1.93 bits per heavy atom. The largest absolute Gasteiger partial charge is 0.436 e. The topological polar surface area (TPSA) is 81.5 Å². The molecule has 0 unspecified atom stereocenters. The maximum absolute atomic E-state index is 11.1. The molecule has 0 spiro atoms. The lowest BCUT2D eigenvalue weighted by molar-refractivity contribution is -0.385. The molecule has 0 amide bonds. The van der Waals surface area contributed by atoms with Gasteiger partial charge in [0.25, 0.3) is 5.69 Å². The van der Waals surface area contributed by atoms with Crippen LogP contribution in [0.5, 0.6) is 0 Å². The van der Waals surface area contributed by atoms with E-state index in [2.05, 4.69) is 9.98 Å². The van der Waals surface area contributed by atoms with Crippen molar-refractivity contribution in [3.8, 4) is 11.5 Å². The molecule has 6 heteroatoms. The molecule has 3 aromatic carbocycles. The van der Waals surface area contributed by atoms with Crippen LogP contribution < -0.4 is 0 Å². The fraction of sp³-hybridized carbons (Fsp3) is 0.0435. The molecule has 0 radical (unpaired) electrons. The average molecular weight is 383 g/mol. The van der Waals surface area contributed by atoms with Crippen molar-refractivity contribution in [2.75, 3.05) is 0 Å². The zero-order valence-corrected chi connectivity index (χ0v) is 15.6. The molecule has 0 aliphatic heterocycles. The molecule has 4 aromatic rings. The van der Waals surface area contributed by atoms with Gasteiger partial charge >= 0.3 is 0 Å². The zero-order valence-electron chi connectivity index (χ0n) is 15.6. The zero-order chi connectivity index (χ0) is 20.2. The third-order valence-corrected chi connectivity index (χ3v) is 4.36. The lowest BCUT2D eigenvalue weighted by Crippen LogP contribution is -1.90. The molecule has 0 atom stereocenters. The van der Waals surface area contributed by atoms with Crippen molar-refractivity contribution >= 4 is 34.8 Å². The number of nitro benzene ring substituents is 1. The summed E-state index contributed by atoms with van der Waals surface area (Å²) in [5, 5.41) is 11.1. The number of oxazole rings is 1. The molecule has 1 aromatic heterocycles. The number of aliphatic imine (C=N–C) groups is 1. The molecule has 142 valence electrons. The molecule has 6 nitrogen and oxygen atoms in total. The van der Waals surface area contributed by atoms with Crippen LogP contribution in [0.3, 0.4) is 0 Å². The summed E-state index contributed by atoms with van der Waals surface area (Å²) < 4.78 is 5.87. The summed E-state index contributed by atoms with van der Waals surface area (Å²) in [6, 6.07) is 20.0. The lowest BCUT2D eigenvalue weighted by atomic mass is 10.1. The second kappa shape index (κ2) is 7.90. The Labute approximate surface area is 167 Å². The van der Waals surface area contributed by atoms with E-state index in [4.69, 9.17) is 4.42 Å². The predicted molar refractivity (Wildman–Crippen MR) is 114 cm³/mol. The van der Waals surface area contributed by atoms with Gasteiger partial charge < -0.3 is 4.42 Å². The van der Waals surface area contributed by atoms with Gasteiger partial charge in [0.1, 0.15) is 5.52 Å². The highest BCUT2D eigenvalue weighted by molar-refractivity contribution is 5.82. The van der Waals surface area contributed by atoms with Crippen LogP contribution in [0.4, 0.5) is 11.4 Å². The lowest BCUT2D eigenvalue weighted by Gasteiger charge is -1.97. The fourth-order valence-electron chi connectivity index (χ4n) is 2.95. The minimum absolute atomic E-state index is 0.0605. The second-order valence-corrected chi connectivity index (χ2v) is 6.49. The van der Waals surface area contributed by atoms with Crippen LogP contribution in [0.2, 0.25) is 0 Å². The molecule has 0 N–H and O–H groups in total. The van der Waals surface area contributed by atoms with Crippen LogP contribution in [0, 0.1) is 17.0 Å². The smallest absolute Gasteiger partial charge is 0.276 e. The number of aromatic nitrogens is 1. The molecule has 4 rings (SSSR count). The molecule has 1 heterocycles. The van der Waals surface area contributed by atoms with Crippen LogP contribution in [-0.4, -0.2) is 16.1 Å². The highest BCUT2D eigenvalue weighted by Crippen LogP contribution is 2.27. The normalized spacial score (nSPS) is 11.6. The van der Waals surface area contributed by atoms with E-state index in [1.807, 2.05) is 49.4 Å². The van der Waals surface area contributed by atoms with Gasteiger partial charge in [-0.25, -0.2) is 4.98 Å². The Morgan fingerprint density at radius 1 is 1.07 bits per heavy atom. The number of benzene rings is 3. The van der Waals surface area contributed by atoms with Gasteiger partial charge in [-0.1, -0.05) is 24.3 Å². The van der Waals surface area contributed by atoms with Crippen molar-refractivity contribution in [3.05, 3.63) is 94.0 Å². The molecule has 0 saturated carbocycles. The van der Waals surface area contributed by atoms with E-state index >= 15 is 0 Å². The second-order valence-electron chi connectivity index (χ2n) is 6.49. The monoisotopic (exact) mass is 383 g/mol. The van der Waals surface area contributed by atoms with Gasteiger partial charge in [-0.3, -0.25) is 15.1 Å². The maximum atomic E-state index is 11.1. The highest BCUT2D eigenvalue weighted by atomic mass is 16.6. The molecular weight excluding hydrogens is 366 g/mol. The van der Waals surface area contributed by atoms with E-state index in [1.165, 1.54) is 6.07 Å². The third kappa shape index (κ3) is 4.11. The van der Waals surface area contributed by atoms with Gasteiger partial charge in [0, 0.05) is 17.8 Å². The summed E-state index contributed by atoms with van der Waals surface area (Å²) in [5.41, 5.74) is 4.83. The van der Waals surface area contributed by atoms with E-state index < -0.39 is 4.92 Å². The summed E-state index contributed by atoms with van der Waals surface area (Å²) in [4.78, 5) is 19.6. The summed E-state index contributed by atoms with van der Waals surface area (Å²) in [6.45, 7) is 2.01. The Morgan fingerprint density at radius 3 is 2.79 bits per heavy atom. The van der Waals surface area contributed by atoms with Crippen molar-refractivity contribution in [1.82, 2.24) is 4.98 Å². The van der Waals surface area contributed by atoms with Crippen molar-refractivity contribution in [1.29, 1.82) is 0 Å². The van der Waals surface area contributed by atoms with E-state index in [9.17, 15) is 10.1 Å². The van der Waals surface area contributed by atoms with Crippen molar-refractivity contribution in [2.24, 2.45) is 4.99 Å². The number of para-hydroxylation sites is 1. The maximum Gasteiger partial charge on any atom is 0.276 e. The highest BCUT2D eigenvalue weighted by Gasteiger charge is 2.09. The number of rotatable bonds is 5. The van der Waals surface area contributed by atoms with Crippen LogP contribution in [0.15, 0.2) is 82.2 Å². The predicted octanol–water partition coefficient (Wildman–Crippen LogP) is 6.13. The number of nitro groups is 1. The van der Waals surface area contributed by atoms with Gasteiger partial charge in [0.15, 0.2) is 5.58 Å². The van der Waals surface area contributed by atoms with Gasteiger partial charge in [-0.15, -0.1) is 0 Å². The Balaban J connectivity index is 1.55. The Hall–Kier alpha value is -4.06. The summed E-state index contributed by atoms with van der Waals surface area (Å²) in [5.74, 6) is 0.540. The van der Waals surface area contributed by atoms with E-state index in [0.717, 1.165) is 27.9 Å². The van der Waals surface area contributed by atoms with Crippen molar-refractivity contribution in [2.45, 2.75) is 6.92 Å². The molecule has 0 saturated heterocycles. The van der Waals surface area contributed by atoms with Crippen molar-refractivity contribution < 1.29 is 9.34 Å². The van der Waals surface area contributed by atoms with Gasteiger partial charge in [-0.2, -0.15) is 0 Å². The molecule has 0 fully saturated rings. The molecule has 29 heavy (non-hydrogen) atoms. The van der Waals surface area contributed by atoms with Gasteiger partial charge in [-0.05, 0) is 61.0 Å². The number of aryl methyl sites for hydroxylation is 1. The number of allylic oxidation sites excluding steroid dienone is 1. The van der Waals surface area contributed by atoms with Crippen LogP contribution in [-0.2, 0) is 0 Å². The third-order valence-electron chi connectivity index (χ3n) is 4.36. The quantitative estimate of drug-likeness (QED) is 0.236. The van der Waals surface area contributed by atoms with Crippen LogP contribution >= 0.6 is 0 Å². The van der Waals surface area contributed by atoms with Crippen LogP contribution in [0.1, 0.15) is 11.1 Å². The number of hydrogen-bond donors (Lipinski definition) is 0. The molecule has 0 bridgehead atoms.